The molecule has 4 rings (SSSR count). The van der Waals surface area contributed by atoms with Crippen LogP contribution in [0.25, 0.3) is 5.52 Å². The highest BCUT2D eigenvalue weighted by Gasteiger charge is 2.15. The fourth-order valence-electron chi connectivity index (χ4n) is 2.44. The van der Waals surface area contributed by atoms with Crippen molar-refractivity contribution in [2.45, 2.75) is 6.54 Å². The molecule has 0 fully saturated rings. The second-order valence-corrected chi connectivity index (χ2v) is 4.96. The van der Waals surface area contributed by atoms with Gasteiger partial charge in [0.05, 0.1) is 17.3 Å². The number of ether oxygens (including phenoxy) is 2. The van der Waals surface area contributed by atoms with Crippen LogP contribution in [0.5, 0.6) is 11.5 Å². The topological polar surface area (TPSA) is 64.9 Å². The van der Waals surface area contributed by atoms with Gasteiger partial charge in [0.1, 0.15) is 0 Å². The quantitative estimate of drug-likeness (QED) is 0.802. The molecule has 0 radical (unpaired) electrons. The first-order valence-electron chi connectivity index (χ1n) is 6.90. The molecule has 3 heterocycles. The summed E-state index contributed by atoms with van der Waals surface area (Å²) >= 11 is 0. The Morgan fingerprint density at radius 2 is 2.14 bits per heavy atom. The highest BCUT2D eigenvalue weighted by molar-refractivity contribution is 6.00. The minimum Gasteiger partial charge on any atom is -0.454 e. The first kappa shape index (κ1) is 12.7. The van der Waals surface area contributed by atoms with Crippen LogP contribution in [0.3, 0.4) is 0 Å². The van der Waals surface area contributed by atoms with E-state index >= 15 is 0 Å². The van der Waals surface area contributed by atoms with Crippen molar-refractivity contribution in [2.75, 3.05) is 6.79 Å². The monoisotopic (exact) mass is 295 g/mol. The largest absolute Gasteiger partial charge is 0.454 e. The molecule has 1 N–H and O–H groups in total. The molecular formula is C16H13N3O3. The Balaban J connectivity index is 1.50. The van der Waals surface area contributed by atoms with Gasteiger partial charge in [-0.1, -0.05) is 12.1 Å². The predicted octanol–water partition coefficient (Wildman–Crippen LogP) is 1.99. The second kappa shape index (κ2) is 5.07. The van der Waals surface area contributed by atoms with E-state index in [4.69, 9.17) is 9.47 Å². The summed E-state index contributed by atoms with van der Waals surface area (Å²) in [6.07, 6.45) is 3.38. The fraction of sp³-hybridized carbons (Fsp3) is 0.125. The molecule has 1 aliphatic heterocycles. The van der Waals surface area contributed by atoms with Crippen molar-refractivity contribution >= 4 is 11.4 Å². The van der Waals surface area contributed by atoms with Gasteiger partial charge in [-0.15, -0.1) is 0 Å². The highest BCUT2D eigenvalue weighted by Crippen LogP contribution is 2.32. The molecule has 0 atom stereocenters. The third-order valence-electron chi connectivity index (χ3n) is 3.56. The molecular weight excluding hydrogens is 282 g/mol. The lowest BCUT2D eigenvalue weighted by atomic mass is 10.2. The minimum absolute atomic E-state index is 0.154. The molecule has 1 aromatic carbocycles. The van der Waals surface area contributed by atoms with E-state index in [-0.39, 0.29) is 12.7 Å². The number of amides is 1. The molecule has 1 aliphatic rings. The zero-order valence-corrected chi connectivity index (χ0v) is 11.7. The summed E-state index contributed by atoms with van der Waals surface area (Å²) in [4.78, 5) is 12.3. The van der Waals surface area contributed by atoms with Gasteiger partial charge >= 0.3 is 0 Å². The van der Waals surface area contributed by atoms with Crippen LogP contribution in [0.4, 0.5) is 0 Å². The summed E-state index contributed by atoms with van der Waals surface area (Å²) in [5, 5.41) is 7.06. The first-order valence-corrected chi connectivity index (χ1v) is 6.90. The standard InChI is InChI=1S/C16H13N3O3/c20-16(12-9-18-19-6-2-1-3-13(12)19)17-8-11-4-5-14-15(7-11)22-10-21-14/h1-7,9H,8,10H2,(H,17,20). The van der Waals surface area contributed by atoms with Crippen molar-refractivity contribution in [3.8, 4) is 11.5 Å². The minimum atomic E-state index is -0.154. The Bertz CT molecular complexity index is 857. The summed E-state index contributed by atoms with van der Waals surface area (Å²) < 4.78 is 12.3. The Kier molecular flexibility index (Phi) is 2.93. The van der Waals surface area contributed by atoms with Crippen LogP contribution < -0.4 is 14.8 Å². The van der Waals surface area contributed by atoms with Gasteiger partial charge in [0, 0.05) is 12.7 Å². The number of nitrogens with zero attached hydrogens (tertiary/aromatic N) is 2. The first-order chi connectivity index (χ1) is 10.8. The molecule has 0 saturated heterocycles. The van der Waals surface area contributed by atoms with Crippen molar-refractivity contribution in [3.05, 3.63) is 59.9 Å². The van der Waals surface area contributed by atoms with Crippen LogP contribution in [-0.2, 0) is 6.54 Å². The van der Waals surface area contributed by atoms with Gasteiger partial charge < -0.3 is 14.8 Å². The lowest BCUT2D eigenvalue weighted by Gasteiger charge is -2.05. The highest BCUT2D eigenvalue weighted by atomic mass is 16.7. The summed E-state index contributed by atoms with van der Waals surface area (Å²) in [5.41, 5.74) is 2.29. The number of pyridine rings is 1. The molecule has 0 aliphatic carbocycles. The number of nitrogens with one attached hydrogen (secondary N) is 1. The zero-order chi connectivity index (χ0) is 14.9. The van der Waals surface area contributed by atoms with Crippen molar-refractivity contribution in [1.82, 2.24) is 14.9 Å². The molecule has 1 amide bonds. The lowest BCUT2D eigenvalue weighted by molar-refractivity contribution is 0.0952. The van der Waals surface area contributed by atoms with Gasteiger partial charge in [0.25, 0.3) is 5.91 Å². The number of carbonyl (C=O) groups is 1. The normalized spacial score (nSPS) is 12.5. The molecule has 2 aromatic heterocycles. The van der Waals surface area contributed by atoms with Gasteiger partial charge in [0.2, 0.25) is 6.79 Å². The van der Waals surface area contributed by atoms with Gasteiger partial charge in [-0.3, -0.25) is 4.79 Å². The van der Waals surface area contributed by atoms with Crippen molar-refractivity contribution in [1.29, 1.82) is 0 Å². The van der Waals surface area contributed by atoms with Crippen molar-refractivity contribution < 1.29 is 14.3 Å². The lowest BCUT2D eigenvalue weighted by Crippen LogP contribution is -2.22. The van der Waals surface area contributed by atoms with Crippen LogP contribution >= 0.6 is 0 Å². The Labute approximate surface area is 126 Å². The van der Waals surface area contributed by atoms with E-state index < -0.39 is 0 Å². The number of fused-ring (bicyclic) bond motifs is 2. The smallest absolute Gasteiger partial charge is 0.255 e. The summed E-state index contributed by atoms with van der Waals surface area (Å²) in [6, 6.07) is 11.2. The van der Waals surface area contributed by atoms with E-state index in [1.165, 1.54) is 0 Å². The van der Waals surface area contributed by atoms with Crippen molar-refractivity contribution in [3.63, 3.8) is 0 Å². The molecule has 0 unspecified atom stereocenters. The summed E-state index contributed by atoms with van der Waals surface area (Å²) in [6.45, 7) is 0.660. The van der Waals surface area contributed by atoms with Gasteiger partial charge in [-0.25, -0.2) is 4.52 Å². The average molecular weight is 295 g/mol. The predicted molar refractivity (Wildman–Crippen MR) is 78.9 cm³/mol. The molecule has 6 nitrogen and oxygen atoms in total. The van der Waals surface area contributed by atoms with Crippen LogP contribution in [-0.4, -0.2) is 22.3 Å². The maximum atomic E-state index is 12.3. The molecule has 6 heteroatoms. The summed E-state index contributed by atoms with van der Waals surface area (Å²) in [5.74, 6) is 1.29. The van der Waals surface area contributed by atoms with Crippen LogP contribution in [0.15, 0.2) is 48.8 Å². The SMILES string of the molecule is O=C(NCc1ccc2c(c1)OCO2)c1cnn2ccccc12. The summed E-state index contributed by atoms with van der Waals surface area (Å²) in [7, 11) is 0. The molecule has 0 saturated carbocycles. The molecule has 110 valence electrons. The zero-order valence-electron chi connectivity index (χ0n) is 11.7. The van der Waals surface area contributed by atoms with Gasteiger partial charge in [-0.05, 0) is 29.8 Å². The van der Waals surface area contributed by atoms with Crippen molar-refractivity contribution in [2.24, 2.45) is 0 Å². The Hall–Kier alpha value is -3.02. The number of rotatable bonds is 3. The maximum absolute atomic E-state index is 12.3. The molecule has 3 aromatic rings. The van der Waals surface area contributed by atoms with E-state index in [1.807, 2.05) is 42.6 Å². The number of hydrogen-bond donors (Lipinski definition) is 1. The number of aromatic nitrogens is 2. The van der Waals surface area contributed by atoms with E-state index in [9.17, 15) is 4.79 Å². The number of hydrogen-bond acceptors (Lipinski definition) is 4. The van der Waals surface area contributed by atoms with Crippen LogP contribution in [0.1, 0.15) is 15.9 Å². The third kappa shape index (κ3) is 2.14. The third-order valence-corrected chi connectivity index (χ3v) is 3.56. The Morgan fingerprint density at radius 1 is 1.23 bits per heavy atom. The maximum Gasteiger partial charge on any atom is 0.255 e. The average Bonchev–Trinajstić information content (AvgIpc) is 3.18. The number of carbonyl (C=O) groups excluding carboxylic acids is 1. The second-order valence-electron chi connectivity index (χ2n) is 4.96. The Morgan fingerprint density at radius 3 is 3.09 bits per heavy atom. The van der Waals surface area contributed by atoms with Crippen LogP contribution in [0, 0.1) is 0 Å². The molecule has 22 heavy (non-hydrogen) atoms. The van der Waals surface area contributed by atoms with Gasteiger partial charge in [-0.2, -0.15) is 5.10 Å². The molecule has 0 bridgehead atoms. The van der Waals surface area contributed by atoms with Gasteiger partial charge in [0.15, 0.2) is 11.5 Å². The molecule has 0 spiro atoms. The van der Waals surface area contributed by atoms with Crippen LogP contribution in [0.2, 0.25) is 0 Å². The van der Waals surface area contributed by atoms with E-state index in [0.29, 0.717) is 17.9 Å². The fourth-order valence-corrected chi connectivity index (χ4v) is 2.44. The van der Waals surface area contributed by atoms with E-state index in [1.54, 1.807) is 10.7 Å². The van der Waals surface area contributed by atoms with E-state index in [2.05, 4.69) is 10.4 Å². The number of benzene rings is 1. The van der Waals surface area contributed by atoms with E-state index in [0.717, 1.165) is 16.8 Å².